The van der Waals surface area contributed by atoms with Crippen molar-refractivity contribution in [1.29, 1.82) is 0 Å². The van der Waals surface area contributed by atoms with Gasteiger partial charge in [-0.3, -0.25) is 0 Å². The molecule has 1 aromatic heterocycles. The quantitative estimate of drug-likeness (QED) is 0.894. The minimum absolute atomic E-state index is 0. The van der Waals surface area contributed by atoms with Crippen LogP contribution in [-0.4, -0.2) is 36.1 Å². The van der Waals surface area contributed by atoms with Crippen molar-refractivity contribution >= 4 is 46.7 Å². The van der Waals surface area contributed by atoms with Crippen LogP contribution >= 0.6 is 40.7 Å². The summed E-state index contributed by atoms with van der Waals surface area (Å²) in [6, 6.07) is 0.562. The number of aromatic nitrogens is 2. The lowest BCUT2D eigenvalue weighted by molar-refractivity contribution is 0.439. The van der Waals surface area contributed by atoms with Crippen molar-refractivity contribution in [2.75, 3.05) is 25.0 Å². The largest absolute Gasteiger partial charge is 0.341 e. The van der Waals surface area contributed by atoms with Crippen LogP contribution in [0.15, 0.2) is 16.9 Å². The summed E-state index contributed by atoms with van der Waals surface area (Å²) < 4.78 is 0.921. The second-order valence-electron chi connectivity index (χ2n) is 3.79. The number of rotatable bonds is 2. The van der Waals surface area contributed by atoms with E-state index in [1.54, 1.807) is 12.4 Å². The first kappa shape index (κ1) is 16.9. The molecule has 17 heavy (non-hydrogen) atoms. The normalized spacial score (nSPS) is 15.6. The molecule has 0 unspecified atom stereocenters. The fourth-order valence-corrected chi connectivity index (χ4v) is 2.05. The molecule has 1 fully saturated rings. The molecule has 1 N–H and O–H groups in total. The van der Waals surface area contributed by atoms with Crippen LogP contribution in [0.1, 0.15) is 12.8 Å². The van der Waals surface area contributed by atoms with Crippen molar-refractivity contribution in [2.24, 2.45) is 0 Å². The molecule has 0 radical (unpaired) electrons. The molecule has 0 aromatic carbocycles. The van der Waals surface area contributed by atoms with Crippen molar-refractivity contribution in [3.63, 3.8) is 0 Å². The van der Waals surface area contributed by atoms with E-state index in [1.165, 1.54) is 0 Å². The van der Waals surface area contributed by atoms with E-state index in [1.807, 2.05) is 0 Å². The van der Waals surface area contributed by atoms with E-state index < -0.39 is 0 Å². The highest BCUT2D eigenvalue weighted by Crippen LogP contribution is 2.16. The van der Waals surface area contributed by atoms with E-state index in [0.717, 1.165) is 36.4 Å². The first-order chi connectivity index (χ1) is 7.27. The predicted molar refractivity (Wildman–Crippen MR) is 78.5 cm³/mol. The Balaban J connectivity index is 0.00000128. The smallest absolute Gasteiger partial charge is 0.225 e. The number of nitrogens with one attached hydrogen (secondary N) is 1. The Kier molecular flexibility index (Phi) is 8.03. The summed E-state index contributed by atoms with van der Waals surface area (Å²) in [4.78, 5) is 10.8. The maximum absolute atomic E-state index is 4.30. The highest BCUT2D eigenvalue weighted by Gasteiger charge is 2.19. The van der Waals surface area contributed by atoms with Crippen molar-refractivity contribution in [2.45, 2.75) is 18.9 Å². The van der Waals surface area contributed by atoms with Crippen LogP contribution in [0.3, 0.4) is 0 Å². The maximum atomic E-state index is 4.30. The Morgan fingerprint density at radius 3 is 2.29 bits per heavy atom. The predicted octanol–water partition coefficient (Wildman–Crippen LogP) is 2.27. The Morgan fingerprint density at radius 1 is 1.24 bits per heavy atom. The van der Waals surface area contributed by atoms with E-state index in [4.69, 9.17) is 0 Å². The molecule has 0 atom stereocenters. The average molecular weight is 344 g/mol. The van der Waals surface area contributed by atoms with Crippen LogP contribution < -0.4 is 10.2 Å². The minimum atomic E-state index is 0. The molecule has 98 valence electrons. The molecule has 4 nitrogen and oxygen atoms in total. The molecule has 1 saturated heterocycles. The molecule has 0 saturated carbocycles. The summed E-state index contributed by atoms with van der Waals surface area (Å²) in [5, 5.41) is 3.36. The monoisotopic (exact) mass is 342 g/mol. The van der Waals surface area contributed by atoms with Crippen LogP contribution in [0.4, 0.5) is 5.95 Å². The van der Waals surface area contributed by atoms with Crippen LogP contribution in [0, 0.1) is 0 Å². The second-order valence-corrected chi connectivity index (χ2v) is 4.71. The van der Waals surface area contributed by atoms with Gasteiger partial charge in [-0.05, 0) is 41.9 Å². The zero-order valence-electron chi connectivity index (χ0n) is 9.60. The molecule has 0 bridgehead atoms. The van der Waals surface area contributed by atoms with Gasteiger partial charge in [-0.2, -0.15) is 0 Å². The number of piperidine rings is 1. The Labute approximate surface area is 123 Å². The van der Waals surface area contributed by atoms with E-state index in [2.05, 4.69) is 43.2 Å². The van der Waals surface area contributed by atoms with E-state index in [9.17, 15) is 0 Å². The standard InChI is InChI=1S/C10H15BrN4.2ClH/c1-15(9-2-4-12-5-3-9)10-13-6-8(11)7-14-10;;/h6-7,9,12H,2-5H2,1H3;2*1H. The lowest BCUT2D eigenvalue weighted by atomic mass is 10.1. The third-order valence-electron chi connectivity index (χ3n) is 2.78. The van der Waals surface area contributed by atoms with Gasteiger partial charge in [0.1, 0.15) is 0 Å². The first-order valence-corrected chi connectivity index (χ1v) is 5.98. The molecule has 1 aliphatic rings. The van der Waals surface area contributed by atoms with Gasteiger partial charge in [-0.25, -0.2) is 9.97 Å². The van der Waals surface area contributed by atoms with Gasteiger partial charge in [0.15, 0.2) is 0 Å². The molecule has 0 spiro atoms. The number of hydrogen-bond donors (Lipinski definition) is 1. The zero-order valence-corrected chi connectivity index (χ0v) is 12.8. The fraction of sp³-hybridized carbons (Fsp3) is 0.600. The Hall–Kier alpha value is -0.100. The third-order valence-corrected chi connectivity index (χ3v) is 3.19. The molecule has 2 rings (SSSR count). The van der Waals surface area contributed by atoms with Crippen molar-refractivity contribution in [3.05, 3.63) is 16.9 Å². The number of halogens is 3. The SMILES string of the molecule is CN(c1ncc(Br)cn1)C1CCNCC1.Cl.Cl. The summed E-state index contributed by atoms with van der Waals surface area (Å²) >= 11 is 3.34. The van der Waals surface area contributed by atoms with Gasteiger partial charge in [-0.1, -0.05) is 0 Å². The van der Waals surface area contributed by atoms with E-state index in [-0.39, 0.29) is 24.8 Å². The lowest BCUT2D eigenvalue weighted by Gasteiger charge is -2.31. The maximum Gasteiger partial charge on any atom is 0.225 e. The molecular formula is C10H17BrCl2N4. The first-order valence-electron chi connectivity index (χ1n) is 5.18. The average Bonchev–Trinajstić information content (AvgIpc) is 2.30. The molecular weight excluding hydrogens is 327 g/mol. The lowest BCUT2D eigenvalue weighted by Crippen LogP contribution is -2.41. The number of anilines is 1. The van der Waals surface area contributed by atoms with Crippen LogP contribution in [0.25, 0.3) is 0 Å². The van der Waals surface area contributed by atoms with Crippen LogP contribution in [-0.2, 0) is 0 Å². The van der Waals surface area contributed by atoms with Crippen molar-refractivity contribution in [3.8, 4) is 0 Å². The molecule has 7 heteroatoms. The second kappa shape index (κ2) is 8.08. The van der Waals surface area contributed by atoms with E-state index >= 15 is 0 Å². The highest BCUT2D eigenvalue weighted by molar-refractivity contribution is 9.10. The summed E-state index contributed by atoms with van der Waals surface area (Å²) in [6.45, 7) is 2.18. The van der Waals surface area contributed by atoms with Gasteiger partial charge in [0.05, 0.1) is 4.47 Å². The van der Waals surface area contributed by atoms with Crippen LogP contribution in [0.5, 0.6) is 0 Å². The summed E-state index contributed by atoms with van der Waals surface area (Å²) in [7, 11) is 2.07. The zero-order chi connectivity index (χ0) is 10.7. The topological polar surface area (TPSA) is 41.1 Å². The molecule has 0 aliphatic carbocycles. The van der Waals surface area contributed by atoms with Gasteiger partial charge in [0, 0.05) is 25.5 Å². The van der Waals surface area contributed by atoms with Gasteiger partial charge >= 0.3 is 0 Å². The van der Waals surface area contributed by atoms with Crippen molar-refractivity contribution in [1.82, 2.24) is 15.3 Å². The Morgan fingerprint density at radius 2 is 1.76 bits per heavy atom. The van der Waals surface area contributed by atoms with Gasteiger partial charge < -0.3 is 10.2 Å². The molecule has 1 aromatic rings. The van der Waals surface area contributed by atoms with Gasteiger partial charge in [0.25, 0.3) is 0 Å². The minimum Gasteiger partial charge on any atom is -0.341 e. The fourth-order valence-electron chi connectivity index (χ4n) is 1.84. The molecule has 0 amide bonds. The summed E-state index contributed by atoms with van der Waals surface area (Å²) in [5.74, 6) is 0.810. The van der Waals surface area contributed by atoms with Gasteiger partial charge in [-0.15, -0.1) is 24.8 Å². The van der Waals surface area contributed by atoms with Crippen LogP contribution in [0.2, 0.25) is 0 Å². The van der Waals surface area contributed by atoms with E-state index in [0.29, 0.717) is 6.04 Å². The van der Waals surface area contributed by atoms with Gasteiger partial charge in [0.2, 0.25) is 5.95 Å². The van der Waals surface area contributed by atoms with Crippen molar-refractivity contribution < 1.29 is 0 Å². The molecule has 2 heterocycles. The Bertz CT molecular complexity index is 317. The number of nitrogens with zero attached hydrogens (tertiary/aromatic N) is 3. The molecule has 1 aliphatic heterocycles. The third kappa shape index (κ3) is 4.58. The number of hydrogen-bond acceptors (Lipinski definition) is 4. The summed E-state index contributed by atoms with van der Waals surface area (Å²) in [5.41, 5.74) is 0. The highest BCUT2D eigenvalue weighted by atomic mass is 79.9. The summed E-state index contributed by atoms with van der Waals surface area (Å²) in [6.07, 6.45) is 5.91.